The number of rotatable bonds is 4. The van der Waals surface area contributed by atoms with Crippen LogP contribution in [0.25, 0.3) is 0 Å². The molecule has 0 radical (unpaired) electrons. The van der Waals surface area contributed by atoms with E-state index in [-0.39, 0.29) is 11.4 Å². The second kappa shape index (κ2) is 4.97. The van der Waals surface area contributed by atoms with Gasteiger partial charge in [-0.3, -0.25) is 14.8 Å². The van der Waals surface area contributed by atoms with E-state index in [2.05, 4.69) is 10.4 Å². The molecular weight excluding hydrogens is 248 g/mol. The van der Waals surface area contributed by atoms with Gasteiger partial charge in [-0.15, -0.1) is 0 Å². The first-order chi connectivity index (χ1) is 8.97. The number of aromatic hydroxyl groups is 1. The van der Waals surface area contributed by atoms with Crippen LogP contribution in [0.4, 0.5) is 11.4 Å². The number of phenolic OH excluding ortho intramolecular Hbond substituents is 1. The van der Waals surface area contributed by atoms with Gasteiger partial charge in [0, 0.05) is 25.4 Å². The normalized spacial score (nSPS) is 10.4. The number of hydrogen-bond donors (Lipinski definition) is 2. The van der Waals surface area contributed by atoms with Crippen molar-refractivity contribution in [2.75, 3.05) is 5.32 Å². The van der Waals surface area contributed by atoms with Crippen molar-refractivity contribution in [2.24, 2.45) is 7.05 Å². The molecule has 2 N–H and O–H groups in total. The minimum absolute atomic E-state index is 0.130. The van der Waals surface area contributed by atoms with E-state index >= 15 is 0 Å². The van der Waals surface area contributed by atoms with E-state index in [0.29, 0.717) is 12.2 Å². The number of benzene rings is 1. The number of phenols is 1. The second-order valence-electron chi connectivity index (χ2n) is 4.23. The zero-order valence-corrected chi connectivity index (χ0v) is 10.6. The van der Waals surface area contributed by atoms with Crippen molar-refractivity contribution in [1.82, 2.24) is 9.78 Å². The van der Waals surface area contributed by atoms with Crippen molar-refractivity contribution >= 4 is 11.4 Å². The van der Waals surface area contributed by atoms with Crippen molar-refractivity contribution in [3.63, 3.8) is 0 Å². The van der Waals surface area contributed by atoms with Crippen LogP contribution in [0.5, 0.6) is 5.75 Å². The van der Waals surface area contributed by atoms with Gasteiger partial charge in [-0.25, -0.2) is 0 Å². The highest BCUT2D eigenvalue weighted by Crippen LogP contribution is 2.28. The van der Waals surface area contributed by atoms with E-state index in [9.17, 15) is 15.2 Å². The van der Waals surface area contributed by atoms with E-state index in [1.807, 2.05) is 20.2 Å². The van der Waals surface area contributed by atoms with Crippen LogP contribution in [-0.2, 0) is 13.6 Å². The van der Waals surface area contributed by atoms with Crippen molar-refractivity contribution < 1.29 is 10.0 Å². The highest BCUT2D eigenvalue weighted by Gasteiger charge is 2.14. The molecule has 100 valence electrons. The first-order valence-electron chi connectivity index (χ1n) is 5.68. The molecule has 0 bridgehead atoms. The molecule has 0 saturated heterocycles. The van der Waals surface area contributed by atoms with Crippen LogP contribution in [0.15, 0.2) is 24.4 Å². The fourth-order valence-electron chi connectivity index (χ4n) is 1.83. The summed E-state index contributed by atoms with van der Waals surface area (Å²) in [4.78, 5) is 10.4. The summed E-state index contributed by atoms with van der Waals surface area (Å²) in [6.45, 7) is 2.31. The fraction of sp³-hybridized carbons (Fsp3) is 0.250. The van der Waals surface area contributed by atoms with E-state index in [0.717, 1.165) is 17.3 Å². The van der Waals surface area contributed by atoms with Crippen LogP contribution in [0.2, 0.25) is 0 Å². The first-order valence-corrected chi connectivity index (χ1v) is 5.68. The van der Waals surface area contributed by atoms with Crippen LogP contribution < -0.4 is 5.32 Å². The highest BCUT2D eigenvalue weighted by atomic mass is 16.6. The molecule has 0 atom stereocenters. The molecule has 0 saturated carbocycles. The maximum absolute atomic E-state index is 10.9. The second-order valence-corrected chi connectivity index (χ2v) is 4.23. The maximum atomic E-state index is 10.9. The van der Waals surface area contributed by atoms with Crippen molar-refractivity contribution in [2.45, 2.75) is 13.5 Å². The monoisotopic (exact) mass is 262 g/mol. The SMILES string of the molecule is Cc1nn(C)cc1CNc1ccc(O)cc1[N+](=O)[O-]. The summed E-state index contributed by atoms with van der Waals surface area (Å²) >= 11 is 0. The van der Waals surface area contributed by atoms with Crippen LogP contribution >= 0.6 is 0 Å². The molecule has 1 heterocycles. The van der Waals surface area contributed by atoms with Crippen molar-refractivity contribution in [3.05, 3.63) is 45.8 Å². The third-order valence-electron chi connectivity index (χ3n) is 2.76. The van der Waals surface area contributed by atoms with Gasteiger partial charge >= 0.3 is 0 Å². The lowest BCUT2D eigenvalue weighted by molar-refractivity contribution is -0.384. The molecule has 0 amide bonds. The predicted molar refractivity (Wildman–Crippen MR) is 70.0 cm³/mol. The Kier molecular flexibility index (Phi) is 3.37. The third-order valence-corrected chi connectivity index (χ3v) is 2.76. The van der Waals surface area contributed by atoms with E-state index in [4.69, 9.17) is 0 Å². The van der Waals surface area contributed by atoms with E-state index < -0.39 is 4.92 Å². The molecule has 0 aliphatic rings. The summed E-state index contributed by atoms with van der Waals surface area (Å²) in [5.74, 6) is -0.130. The number of nitro groups is 1. The lowest BCUT2D eigenvalue weighted by Crippen LogP contribution is -2.02. The molecule has 2 aromatic rings. The van der Waals surface area contributed by atoms with Crippen molar-refractivity contribution in [3.8, 4) is 5.75 Å². The van der Waals surface area contributed by atoms with Crippen LogP contribution in [-0.4, -0.2) is 19.8 Å². The third kappa shape index (κ3) is 2.82. The molecule has 1 aromatic carbocycles. The van der Waals surface area contributed by atoms with Crippen LogP contribution in [0.1, 0.15) is 11.3 Å². The average Bonchev–Trinajstić information content (AvgIpc) is 2.66. The lowest BCUT2D eigenvalue weighted by Gasteiger charge is -2.06. The summed E-state index contributed by atoms with van der Waals surface area (Å²) in [7, 11) is 1.82. The van der Waals surface area contributed by atoms with Gasteiger partial charge in [-0.05, 0) is 19.1 Å². The molecule has 0 aliphatic carbocycles. The summed E-state index contributed by atoms with van der Waals surface area (Å²) in [5, 5.41) is 27.4. The van der Waals surface area contributed by atoms with Gasteiger partial charge in [0.2, 0.25) is 0 Å². The van der Waals surface area contributed by atoms with Gasteiger partial charge in [-0.2, -0.15) is 5.10 Å². The van der Waals surface area contributed by atoms with Crippen molar-refractivity contribution in [1.29, 1.82) is 0 Å². The Morgan fingerprint density at radius 3 is 2.84 bits per heavy atom. The summed E-state index contributed by atoms with van der Waals surface area (Å²) in [6.07, 6.45) is 1.86. The largest absolute Gasteiger partial charge is 0.508 e. The molecule has 0 spiro atoms. The Balaban J connectivity index is 2.20. The van der Waals surface area contributed by atoms with Gasteiger partial charge in [-0.1, -0.05) is 0 Å². The maximum Gasteiger partial charge on any atom is 0.296 e. The smallest absolute Gasteiger partial charge is 0.296 e. The Morgan fingerprint density at radius 2 is 2.26 bits per heavy atom. The summed E-state index contributed by atoms with van der Waals surface area (Å²) < 4.78 is 1.69. The van der Waals surface area contributed by atoms with Gasteiger partial charge in [0.25, 0.3) is 5.69 Å². The fourth-order valence-corrected chi connectivity index (χ4v) is 1.83. The van der Waals surface area contributed by atoms with E-state index in [1.54, 1.807) is 4.68 Å². The summed E-state index contributed by atoms with van der Waals surface area (Å²) in [5.41, 5.74) is 2.05. The Labute approximate surface area is 109 Å². The minimum Gasteiger partial charge on any atom is -0.508 e. The number of aromatic nitrogens is 2. The molecule has 0 aliphatic heterocycles. The number of anilines is 1. The molecular formula is C12H14N4O3. The molecule has 7 nitrogen and oxygen atoms in total. The zero-order valence-electron chi connectivity index (χ0n) is 10.6. The molecule has 2 rings (SSSR count). The number of nitrogens with one attached hydrogen (secondary N) is 1. The topological polar surface area (TPSA) is 93.2 Å². The van der Waals surface area contributed by atoms with Gasteiger partial charge in [0.1, 0.15) is 11.4 Å². The molecule has 7 heteroatoms. The number of hydrogen-bond acceptors (Lipinski definition) is 5. The molecule has 19 heavy (non-hydrogen) atoms. The quantitative estimate of drug-likeness (QED) is 0.499. The van der Waals surface area contributed by atoms with Gasteiger partial charge in [0.05, 0.1) is 16.7 Å². The standard InChI is InChI=1S/C12H14N4O3/c1-8-9(7-15(2)14-8)6-13-11-4-3-10(17)5-12(11)16(18)19/h3-5,7,13,17H,6H2,1-2H3. The number of aryl methyl sites for hydroxylation is 2. The van der Waals surface area contributed by atoms with Gasteiger partial charge < -0.3 is 10.4 Å². The Morgan fingerprint density at radius 1 is 1.53 bits per heavy atom. The Bertz CT molecular complexity index is 621. The lowest BCUT2D eigenvalue weighted by atomic mass is 10.2. The number of nitro benzene ring substituents is 1. The van der Waals surface area contributed by atoms with E-state index in [1.165, 1.54) is 12.1 Å². The molecule has 1 aromatic heterocycles. The number of nitrogens with zero attached hydrogens (tertiary/aromatic N) is 3. The zero-order chi connectivity index (χ0) is 14.0. The molecule has 0 unspecified atom stereocenters. The van der Waals surface area contributed by atoms with Crippen LogP contribution in [0.3, 0.4) is 0 Å². The first kappa shape index (κ1) is 12.9. The van der Waals surface area contributed by atoms with Crippen LogP contribution in [0, 0.1) is 17.0 Å². The Hall–Kier alpha value is -2.57. The predicted octanol–water partition coefficient (Wildman–Crippen LogP) is 1.95. The average molecular weight is 262 g/mol. The highest BCUT2D eigenvalue weighted by molar-refractivity contribution is 5.63. The van der Waals surface area contributed by atoms with Gasteiger partial charge in [0.15, 0.2) is 0 Å². The summed E-state index contributed by atoms with van der Waals surface area (Å²) in [6, 6.07) is 4.02. The molecule has 0 fully saturated rings. The minimum atomic E-state index is -0.530.